The van der Waals surface area contributed by atoms with Crippen LogP contribution in [-0.2, 0) is 0 Å². The van der Waals surface area contributed by atoms with Gasteiger partial charge in [-0.3, -0.25) is 0 Å². The molecule has 0 aromatic carbocycles. The van der Waals surface area contributed by atoms with Gasteiger partial charge in [-0.15, -0.1) is 0 Å². The van der Waals surface area contributed by atoms with Crippen LogP contribution in [0.1, 0.15) is 79.6 Å². The fraction of sp³-hybridized carbons (Fsp3) is 0.929. The number of rotatable bonds is 3. The highest BCUT2D eigenvalue weighted by Crippen LogP contribution is 2.87. The lowest BCUT2D eigenvalue weighted by Crippen LogP contribution is -2.58. The van der Waals surface area contributed by atoms with Crippen molar-refractivity contribution in [1.29, 1.82) is 0 Å². The summed E-state index contributed by atoms with van der Waals surface area (Å²) in [7, 11) is 9.20. The Hall–Kier alpha value is -0.340. The van der Waals surface area contributed by atoms with E-state index in [-0.39, 0.29) is 0 Å². The van der Waals surface area contributed by atoms with E-state index in [1.165, 1.54) is 44.9 Å². The van der Waals surface area contributed by atoms with E-state index in [1.807, 2.05) is 0 Å². The second kappa shape index (κ2) is 6.16. The van der Waals surface area contributed by atoms with E-state index < -0.39 is 0 Å². The molecule has 5 rings (SSSR count). The molecule has 0 saturated heterocycles. The van der Waals surface area contributed by atoms with E-state index in [4.69, 9.17) is 0 Å². The first kappa shape index (κ1) is 21.5. The molecule has 0 N–H and O–H groups in total. The molecule has 0 bridgehead atoms. The molecule has 5 aliphatic carbocycles. The maximum Gasteiger partial charge on any atom is 0.0146 e. The Bertz CT molecular complexity index is 752. The minimum Gasteiger partial charge on any atom is -0.306 e. The van der Waals surface area contributed by atoms with Gasteiger partial charge in [0.05, 0.1) is 0 Å². The summed E-state index contributed by atoms with van der Waals surface area (Å²) in [5.41, 5.74) is 2.58. The Morgan fingerprint density at radius 3 is 2.03 bits per heavy atom. The molecule has 4 fully saturated rings. The van der Waals surface area contributed by atoms with Crippen LogP contribution in [0.4, 0.5) is 0 Å². The highest BCUT2D eigenvalue weighted by atomic mass is 15.1. The third kappa shape index (κ3) is 2.24. The van der Waals surface area contributed by atoms with Gasteiger partial charge in [0.1, 0.15) is 0 Å². The molecule has 2 nitrogen and oxygen atoms in total. The summed E-state index contributed by atoms with van der Waals surface area (Å²) in [6, 6.07) is 1.40. The largest absolute Gasteiger partial charge is 0.306 e. The Balaban J connectivity index is 1.53. The Labute approximate surface area is 186 Å². The molecule has 2 heteroatoms. The maximum absolute atomic E-state index is 2.79. The minimum absolute atomic E-state index is 0.381. The second-order valence-corrected chi connectivity index (χ2v) is 13.9. The second-order valence-electron chi connectivity index (χ2n) is 13.9. The van der Waals surface area contributed by atoms with E-state index in [2.05, 4.69) is 84.8 Å². The van der Waals surface area contributed by atoms with E-state index in [1.54, 1.807) is 0 Å². The minimum atomic E-state index is 0.381. The molecule has 5 aliphatic rings. The number of allylic oxidation sites excluding steroid dienone is 2. The maximum atomic E-state index is 2.79. The van der Waals surface area contributed by atoms with Crippen molar-refractivity contribution in [2.45, 2.75) is 91.6 Å². The summed E-state index contributed by atoms with van der Waals surface area (Å²) in [6.07, 6.45) is 15.7. The van der Waals surface area contributed by atoms with Gasteiger partial charge in [-0.05, 0) is 125 Å². The average Bonchev–Trinajstić information content (AvgIpc) is 3.23. The van der Waals surface area contributed by atoms with Gasteiger partial charge >= 0.3 is 0 Å². The van der Waals surface area contributed by atoms with Crippen molar-refractivity contribution in [2.75, 3.05) is 28.2 Å². The van der Waals surface area contributed by atoms with E-state index >= 15 is 0 Å². The summed E-state index contributed by atoms with van der Waals surface area (Å²) in [4.78, 5) is 5.01. The first-order valence-corrected chi connectivity index (χ1v) is 12.9. The molecule has 30 heavy (non-hydrogen) atoms. The van der Waals surface area contributed by atoms with Gasteiger partial charge in [0.15, 0.2) is 0 Å². The van der Waals surface area contributed by atoms with Crippen LogP contribution in [0.15, 0.2) is 12.2 Å². The lowest BCUT2D eigenvalue weighted by Gasteiger charge is -2.62. The summed E-state index contributed by atoms with van der Waals surface area (Å²) in [6.45, 7) is 13.1. The lowest BCUT2D eigenvalue weighted by molar-refractivity contribution is -0.108. The van der Waals surface area contributed by atoms with Crippen molar-refractivity contribution in [3.63, 3.8) is 0 Å². The SMILES string of the molecule is C[C@@H]([C@H]1CC[C@@]2(C)[C@@H]3C=C[C@H]4C(C)(C)[C@@H](N(C)C)CC[C@@]45C[C@@]35CC[C@]12C)N(C)C. The van der Waals surface area contributed by atoms with Gasteiger partial charge in [0.25, 0.3) is 0 Å². The zero-order valence-electron chi connectivity index (χ0n) is 21.4. The number of hydrogen-bond acceptors (Lipinski definition) is 2. The molecule has 0 radical (unpaired) electrons. The molecular weight excluding hydrogens is 364 g/mol. The van der Waals surface area contributed by atoms with Crippen molar-refractivity contribution in [1.82, 2.24) is 9.80 Å². The molecule has 0 unspecified atom stereocenters. The van der Waals surface area contributed by atoms with Crippen molar-refractivity contribution in [3.8, 4) is 0 Å². The van der Waals surface area contributed by atoms with Crippen molar-refractivity contribution < 1.29 is 0 Å². The van der Waals surface area contributed by atoms with Crippen molar-refractivity contribution in [3.05, 3.63) is 12.2 Å². The van der Waals surface area contributed by atoms with Gasteiger partial charge in [-0.25, -0.2) is 0 Å². The fourth-order valence-electron chi connectivity index (χ4n) is 10.7. The predicted octanol–water partition coefficient (Wildman–Crippen LogP) is 6.08. The normalized spacial score (nSPS) is 54.4. The monoisotopic (exact) mass is 412 g/mol. The molecule has 0 heterocycles. The van der Waals surface area contributed by atoms with Crippen molar-refractivity contribution >= 4 is 0 Å². The summed E-state index contributed by atoms with van der Waals surface area (Å²) < 4.78 is 0. The van der Waals surface area contributed by atoms with Gasteiger partial charge in [0.2, 0.25) is 0 Å². The smallest absolute Gasteiger partial charge is 0.0146 e. The Kier molecular flexibility index (Phi) is 4.42. The molecule has 170 valence electrons. The van der Waals surface area contributed by atoms with Crippen LogP contribution >= 0.6 is 0 Å². The van der Waals surface area contributed by atoms with E-state index in [0.29, 0.717) is 39.2 Å². The van der Waals surface area contributed by atoms with Gasteiger partial charge in [0, 0.05) is 12.1 Å². The van der Waals surface area contributed by atoms with E-state index in [9.17, 15) is 0 Å². The highest BCUT2D eigenvalue weighted by Gasteiger charge is 2.81. The zero-order valence-corrected chi connectivity index (χ0v) is 21.4. The average molecular weight is 413 g/mol. The van der Waals surface area contributed by atoms with Crippen LogP contribution < -0.4 is 0 Å². The van der Waals surface area contributed by atoms with Crippen LogP contribution in [-0.4, -0.2) is 50.1 Å². The van der Waals surface area contributed by atoms with Gasteiger partial charge in [-0.1, -0.05) is 39.8 Å². The quantitative estimate of drug-likeness (QED) is 0.518. The highest BCUT2D eigenvalue weighted by molar-refractivity contribution is 5.37. The first-order chi connectivity index (χ1) is 13.9. The standard InChI is InChI=1S/C28H48N2/c1-19(29(6)7)20-12-14-26(5)22-11-10-21-24(2,3)23(30(8)9)13-15-27(21)18-28(22,27)17-16-25(20,26)4/h10-11,19-23H,12-18H2,1-9H3/t19-,20+,21-,22-,23-,25+,26-,27+,28-/m0/s1. The molecule has 0 aromatic rings. The molecule has 4 saturated carbocycles. The van der Waals surface area contributed by atoms with E-state index in [0.717, 1.165) is 17.8 Å². The molecule has 0 amide bonds. The fourth-order valence-corrected chi connectivity index (χ4v) is 10.7. The molecule has 0 aliphatic heterocycles. The predicted molar refractivity (Wildman–Crippen MR) is 127 cm³/mol. The van der Waals surface area contributed by atoms with Crippen LogP contribution in [0.3, 0.4) is 0 Å². The molecule has 2 spiro atoms. The molecular formula is C28H48N2. The zero-order chi connectivity index (χ0) is 21.9. The van der Waals surface area contributed by atoms with Crippen LogP contribution in [0.5, 0.6) is 0 Å². The van der Waals surface area contributed by atoms with Gasteiger partial charge < -0.3 is 9.80 Å². The Morgan fingerprint density at radius 1 is 0.767 bits per heavy atom. The number of fused-ring (bicyclic) bond motifs is 2. The third-order valence-electron chi connectivity index (χ3n) is 12.6. The summed E-state index contributed by atoms with van der Waals surface area (Å²) in [5, 5.41) is 0. The van der Waals surface area contributed by atoms with Crippen LogP contribution in [0.25, 0.3) is 0 Å². The van der Waals surface area contributed by atoms with Gasteiger partial charge in [-0.2, -0.15) is 0 Å². The van der Waals surface area contributed by atoms with Crippen LogP contribution in [0, 0.1) is 44.8 Å². The topological polar surface area (TPSA) is 6.48 Å². The lowest BCUT2D eigenvalue weighted by atomic mass is 9.43. The third-order valence-corrected chi connectivity index (χ3v) is 12.6. The molecule has 0 aromatic heterocycles. The molecule has 9 atom stereocenters. The number of hydrogen-bond donors (Lipinski definition) is 0. The number of nitrogens with zero attached hydrogens (tertiary/aromatic N) is 2. The summed E-state index contributed by atoms with van der Waals surface area (Å²) >= 11 is 0. The Morgan fingerprint density at radius 2 is 1.40 bits per heavy atom. The first-order valence-electron chi connectivity index (χ1n) is 12.9. The van der Waals surface area contributed by atoms with Crippen molar-refractivity contribution in [2.24, 2.45) is 44.8 Å². The van der Waals surface area contributed by atoms with Crippen LogP contribution in [0.2, 0.25) is 0 Å². The summed E-state index contributed by atoms with van der Waals surface area (Å²) in [5.74, 6) is 2.43.